The zero-order valence-corrected chi connectivity index (χ0v) is 40.8. The molecule has 22 nitrogen and oxygen atoms in total. The van der Waals surface area contributed by atoms with Gasteiger partial charge in [0.1, 0.15) is 48.3 Å². The lowest BCUT2D eigenvalue weighted by atomic mass is 10.0. The number of carbonyl (C=O) groups excluding carboxylic acids is 10. The number of unbranched alkanes of at least 4 members (excludes halogenated alkanes) is 2. The Morgan fingerprint density at radius 2 is 0.879 bits per heavy atom. The van der Waals surface area contributed by atoms with Gasteiger partial charge in [0.25, 0.3) is 0 Å². The SMILES string of the molecule is CC(=O)N[C@@H](CSSC[C@H](NC(C)=O)C(=O)N[C@@H](CCCCN)C(=O)N1CCCC1C(=O)N[C@H](C(N)=O)C(C)C)C(=O)N[C@@H](CCCCN)C(=O)N1CCCC1C(=O)N[C@H](C(N)=O)C(C)C. The minimum Gasteiger partial charge on any atom is -0.368 e. The van der Waals surface area contributed by atoms with Gasteiger partial charge in [-0.05, 0) is 89.1 Å². The van der Waals surface area contributed by atoms with E-state index >= 15 is 0 Å². The van der Waals surface area contributed by atoms with Crippen LogP contribution in [-0.4, -0.2) is 155 Å². The summed E-state index contributed by atoms with van der Waals surface area (Å²) in [5, 5.41) is 16.1. The summed E-state index contributed by atoms with van der Waals surface area (Å²) in [7, 11) is 2.23. The first kappa shape index (κ1) is 57.4. The van der Waals surface area contributed by atoms with E-state index < -0.39 is 107 Å². The van der Waals surface area contributed by atoms with E-state index in [1.807, 2.05) is 0 Å². The Balaban J connectivity index is 2.21. The van der Waals surface area contributed by atoms with Crippen LogP contribution in [0.2, 0.25) is 0 Å². The van der Waals surface area contributed by atoms with Crippen LogP contribution >= 0.6 is 21.6 Å². The van der Waals surface area contributed by atoms with Crippen molar-refractivity contribution in [1.82, 2.24) is 41.7 Å². The van der Waals surface area contributed by atoms with Crippen molar-refractivity contribution in [3.8, 4) is 0 Å². The molecule has 24 heteroatoms. The van der Waals surface area contributed by atoms with Crippen LogP contribution in [0.1, 0.15) is 106 Å². The molecule has 8 atom stereocenters. The van der Waals surface area contributed by atoms with Crippen molar-refractivity contribution in [3.63, 3.8) is 0 Å². The minimum atomic E-state index is -1.15. The number of carbonyl (C=O) groups is 10. The summed E-state index contributed by atoms with van der Waals surface area (Å²) in [6.07, 6.45) is 4.14. The van der Waals surface area contributed by atoms with Gasteiger partial charge >= 0.3 is 0 Å². The summed E-state index contributed by atoms with van der Waals surface area (Å²) >= 11 is 0. The lowest BCUT2D eigenvalue weighted by Crippen LogP contribution is -2.58. The number of hydrogen-bond acceptors (Lipinski definition) is 14. The first-order valence-electron chi connectivity index (χ1n) is 22.7. The minimum absolute atomic E-state index is 0.0291. The van der Waals surface area contributed by atoms with Gasteiger partial charge < -0.3 is 64.6 Å². The van der Waals surface area contributed by atoms with E-state index in [-0.39, 0.29) is 49.3 Å². The standard InChI is InChI=1S/C42H74N12O10S2/c1-23(2)33(35(45)57)51-39(61)31-15-11-19-53(31)41(63)27(13-7-9-17-43)49-37(59)29(47-25(5)55)21-65-66-22-30(48-26(6)56)38(60)50-28(14-8-10-18-44)42(64)54-20-12-16-32(54)40(62)52-34(24(3)4)36(46)58/h23-24,27-34H,7-22,43-44H2,1-6H3,(H2,45,57)(H2,46,58)(H,47,55)(H,48,56)(H,49,59)(H,50,60)(H,51,61)(H,52,62)/t27-,28-,29-,30-,31?,32?,33-,34-/m0/s1. The fourth-order valence-electron chi connectivity index (χ4n) is 7.77. The van der Waals surface area contributed by atoms with Gasteiger partial charge in [0, 0.05) is 38.4 Å². The molecule has 14 N–H and O–H groups in total. The van der Waals surface area contributed by atoms with Crippen LogP contribution in [0.5, 0.6) is 0 Å². The van der Waals surface area contributed by atoms with Gasteiger partial charge in [-0.2, -0.15) is 0 Å². The number of rotatable bonds is 29. The van der Waals surface area contributed by atoms with E-state index in [0.717, 1.165) is 21.6 Å². The number of nitrogens with zero attached hydrogens (tertiary/aromatic N) is 2. The second-order valence-electron chi connectivity index (χ2n) is 17.4. The summed E-state index contributed by atoms with van der Waals surface area (Å²) in [6.45, 7) is 10.6. The molecule has 0 bridgehead atoms. The maximum atomic E-state index is 14.0. The molecule has 2 fully saturated rings. The van der Waals surface area contributed by atoms with E-state index in [1.165, 1.54) is 23.6 Å². The molecule has 0 spiro atoms. The lowest BCUT2D eigenvalue weighted by Gasteiger charge is -2.31. The van der Waals surface area contributed by atoms with E-state index in [1.54, 1.807) is 27.7 Å². The second-order valence-corrected chi connectivity index (χ2v) is 20.0. The Morgan fingerprint density at radius 1 is 0.530 bits per heavy atom. The van der Waals surface area contributed by atoms with Crippen LogP contribution < -0.4 is 54.8 Å². The first-order chi connectivity index (χ1) is 31.1. The molecule has 0 radical (unpaired) electrons. The normalized spacial score (nSPS) is 18.6. The van der Waals surface area contributed by atoms with Gasteiger partial charge in [0.05, 0.1) is 0 Å². The van der Waals surface area contributed by atoms with Gasteiger partial charge in [-0.25, -0.2) is 0 Å². The summed E-state index contributed by atoms with van der Waals surface area (Å²) in [4.78, 5) is 134. The Kier molecular flexibility index (Phi) is 25.4. The summed E-state index contributed by atoms with van der Waals surface area (Å²) in [5.74, 6) is -6.50. The molecule has 2 aliphatic rings. The molecule has 0 aromatic heterocycles. The molecule has 0 aromatic rings. The van der Waals surface area contributed by atoms with Crippen LogP contribution in [0.25, 0.3) is 0 Å². The fourth-order valence-corrected chi connectivity index (χ4v) is 10.1. The Morgan fingerprint density at radius 3 is 1.17 bits per heavy atom. The van der Waals surface area contributed by atoms with Crippen molar-refractivity contribution < 1.29 is 47.9 Å². The van der Waals surface area contributed by atoms with Crippen LogP contribution in [0.3, 0.4) is 0 Å². The summed E-state index contributed by atoms with van der Waals surface area (Å²) < 4.78 is 0. The van der Waals surface area contributed by atoms with E-state index in [4.69, 9.17) is 22.9 Å². The molecule has 0 aromatic carbocycles. The largest absolute Gasteiger partial charge is 0.368 e. The van der Waals surface area contributed by atoms with Crippen molar-refractivity contribution in [2.45, 2.75) is 154 Å². The molecule has 10 amide bonds. The zero-order chi connectivity index (χ0) is 49.7. The maximum Gasteiger partial charge on any atom is 0.245 e. The Bertz CT molecular complexity index is 1590. The first-order valence-corrected chi connectivity index (χ1v) is 25.2. The molecule has 374 valence electrons. The average molecular weight is 971 g/mol. The molecule has 66 heavy (non-hydrogen) atoms. The Hall–Kier alpha value is -4.68. The second kappa shape index (κ2) is 29.2. The summed E-state index contributed by atoms with van der Waals surface area (Å²) in [6, 6.07) is -8.11. The molecule has 2 aliphatic heterocycles. The summed E-state index contributed by atoms with van der Waals surface area (Å²) in [5.41, 5.74) is 22.5. The van der Waals surface area contributed by atoms with Crippen LogP contribution in [-0.2, 0) is 47.9 Å². The van der Waals surface area contributed by atoms with Gasteiger partial charge in [-0.1, -0.05) is 49.3 Å². The van der Waals surface area contributed by atoms with Crippen LogP contribution in [0.15, 0.2) is 0 Å². The van der Waals surface area contributed by atoms with Gasteiger partial charge in [-0.15, -0.1) is 0 Å². The molecule has 2 saturated heterocycles. The highest BCUT2D eigenvalue weighted by atomic mass is 33.1. The topological polar surface area (TPSA) is 353 Å². The number of primary amides is 2. The van der Waals surface area contributed by atoms with Crippen LogP contribution in [0.4, 0.5) is 0 Å². The monoisotopic (exact) mass is 971 g/mol. The number of nitrogens with two attached hydrogens (primary N) is 4. The van der Waals surface area contributed by atoms with E-state index in [0.29, 0.717) is 64.5 Å². The molecular formula is C42H74N12O10S2. The van der Waals surface area contributed by atoms with Crippen molar-refractivity contribution >= 4 is 80.7 Å². The average Bonchev–Trinajstić information content (AvgIpc) is 3.94. The third kappa shape index (κ3) is 18.5. The number of hydrogen-bond donors (Lipinski definition) is 10. The van der Waals surface area contributed by atoms with Crippen molar-refractivity contribution in [2.75, 3.05) is 37.7 Å². The molecule has 0 saturated carbocycles. The number of amides is 10. The fraction of sp³-hybridized carbons (Fsp3) is 0.762. The maximum absolute atomic E-state index is 14.0. The highest BCUT2D eigenvalue weighted by molar-refractivity contribution is 8.76. The smallest absolute Gasteiger partial charge is 0.245 e. The van der Waals surface area contributed by atoms with Crippen LogP contribution in [0, 0.1) is 11.8 Å². The molecule has 0 aliphatic carbocycles. The van der Waals surface area contributed by atoms with Crippen molar-refractivity contribution in [2.24, 2.45) is 34.8 Å². The van der Waals surface area contributed by atoms with Gasteiger partial charge in [-0.3, -0.25) is 47.9 Å². The molecule has 2 unspecified atom stereocenters. The van der Waals surface area contributed by atoms with Crippen molar-refractivity contribution in [3.05, 3.63) is 0 Å². The van der Waals surface area contributed by atoms with E-state index in [2.05, 4.69) is 31.9 Å². The predicted molar refractivity (Wildman–Crippen MR) is 251 cm³/mol. The third-order valence-corrected chi connectivity index (χ3v) is 13.7. The Labute approximate surface area is 395 Å². The highest BCUT2D eigenvalue weighted by Crippen LogP contribution is 2.25. The molecule has 2 rings (SSSR count). The van der Waals surface area contributed by atoms with E-state index in [9.17, 15) is 47.9 Å². The predicted octanol–water partition coefficient (Wildman–Crippen LogP) is -2.16. The van der Waals surface area contributed by atoms with Gasteiger partial charge in [0.2, 0.25) is 59.1 Å². The highest BCUT2D eigenvalue weighted by Gasteiger charge is 2.41. The quantitative estimate of drug-likeness (QED) is 0.0282. The van der Waals surface area contributed by atoms with Gasteiger partial charge in [0.15, 0.2) is 0 Å². The lowest BCUT2D eigenvalue weighted by molar-refractivity contribution is -0.142. The number of nitrogens with one attached hydrogen (secondary N) is 6. The van der Waals surface area contributed by atoms with Crippen molar-refractivity contribution in [1.29, 1.82) is 0 Å². The molecule has 2 heterocycles. The molecular weight excluding hydrogens is 897 g/mol. The number of likely N-dealkylation sites (tertiary alicyclic amines) is 2. The zero-order valence-electron chi connectivity index (χ0n) is 39.2. The third-order valence-electron chi connectivity index (χ3n) is 11.3.